The molecule has 9 nitrogen and oxygen atoms in total. The van der Waals surface area contributed by atoms with Crippen LogP contribution in [0.1, 0.15) is 50.2 Å². The molecule has 1 fully saturated rings. The fraction of sp³-hybridized carbons (Fsp3) is 0.467. The van der Waals surface area contributed by atoms with Crippen LogP contribution in [0.2, 0.25) is 0 Å². The number of hydrogen-bond acceptors (Lipinski definition) is 7. The number of urea groups is 1. The Kier molecular flexibility index (Phi) is 11.6. The zero-order chi connectivity index (χ0) is 28.1. The zero-order valence-electron chi connectivity index (χ0n) is 22.9. The molecule has 9 heteroatoms. The first kappa shape index (κ1) is 30.0. The van der Waals surface area contributed by atoms with E-state index < -0.39 is 40.3 Å². The Morgan fingerprint density at radius 1 is 0.949 bits per heavy atom. The van der Waals surface area contributed by atoms with E-state index in [-0.39, 0.29) is 32.7 Å². The van der Waals surface area contributed by atoms with Crippen LogP contribution in [0, 0.1) is 5.92 Å². The highest BCUT2D eigenvalue weighted by Gasteiger charge is 2.58. The summed E-state index contributed by atoms with van der Waals surface area (Å²) in [4.78, 5) is 54.0. The van der Waals surface area contributed by atoms with Crippen LogP contribution >= 0.6 is 0 Å². The predicted molar refractivity (Wildman–Crippen MR) is 146 cm³/mol. The van der Waals surface area contributed by atoms with Crippen LogP contribution < -0.4 is 10.6 Å². The smallest absolute Gasteiger partial charge is 0.424 e. The van der Waals surface area contributed by atoms with E-state index in [1.807, 2.05) is 60.7 Å². The normalized spacial score (nSPS) is 19.5. The van der Waals surface area contributed by atoms with Crippen molar-refractivity contribution in [2.75, 3.05) is 26.7 Å². The van der Waals surface area contributed by atoms with Crippen molar-refractivity contribution in [3.8, 4) is 0 Å². The molecule has 2 aromatic rings. The molecular formula is C30H40N3O6+. The second-order valence-electron chi connectivity index (χ2n) is 9.84. The Labute approximate surface area is 230 Å². The number of esters is 2. The number of nitrogens with one attached hydrogen (secondary N) is 2. The van der Waals surface area contributed by atoms with E-state index >= 15 is 0 Å². The molecule has 39 heavy (non-hydrogen) atoms. The Bertz CT molecular complexity index is 1090. The number of benzene rings is 2. The Morgan fingerprint density at radius 2 is 1.56 bits per heavy atom. The van der Waals surface area contributed by atoms with Gasteiger partial charge in [-0.2, -0.15) is 4.48 Å². The van der Waals surface area contributed by atoms with Crippen molar-refractivity contribution >= 4 is 23.9 Å². The van der Waals surface area contributed by atoms with Gasteiger partial charge in [-0.1, -0.05) is 86.8 Å². The molecule has 3 rings (SSSR count). The molecule has 1 aliphatic rings. The first-order valence-electron chi connectivity index (χ1n) is 13.7. The van der Waals surface area contributed by atoms with E-state index in [0.717, 1.165) is 24.0 Å². The van der Waals surface area contributed by atoms with Crippen LogP contribution in [0.15, 0.2) is 60.7 Å². The number of nitrogens with zero attached hydrogens (tertiary/aromatic N) is 1. The molecule has 1 unspecified atom stereocenters. The van der Waals surface area contributed by atoms with E-state index in [4.69, 9.17) is 9.47 Å². The Balaban J connectivity index is 1.83. The molecule has 3 atom stereocenters. The van der Waals surface area contributed by atoms with Gasteiger partial charge in [-0.15, -0.1) is 0 Å². The van der Waals surface area contributed by atoms with Crippen molar-refractivity contribution in [1.82, 2.24) is 10.6 Å². The highest BCUT2D eigenvalue weighted by molar-refractivity contribution is 5.91. The third-order valence-corrected chi connectivity index (χ3v) is 7.14. The van der Waals surface area contributed by atoms with Gasteiger partial charge in [0.25, 0.3) is 0 Å². The summed E-state index contributed by atoms with van der Waals surface area (Å²) in [5.74, 6) is -2.38. The molecule has 210 valence electrons. The quantitative estimate of drug-likeness (QED) is 0.241. The highest BCUT2D eigenvalue weighted by Crippen LogP contribution is 2.28. The fourth-order valence-corrected chi connectivity index (χ4v) is 4.98. The van der Waals surface area contributed by atoms with Gasteiger partial charge in [0.15, 0.2) is 0 Å². The molecule has 0 radical (unpaired) electrons. The SMILES string of the molecule is CCCCC[C@H](CC(=O)OCc1ccccc1)C(=O)[N@@+]1(C(=O)NC)CCNCC1C(=O)OCc1ccccc1. The fourth-order valence-electron chi connectivity index (χ4n) is 4.98. The van der Waals surface area contributed by atoms with Crippen LogP contribution in [0.3, 0.4) is 0 Å². The van der Waals surface area contributed by atoms with Gasteiger partial charge in [-0.05, 0) is 17.5 Å². The lowest BCUT2D eigenvalue weighted by Crippen LogP contribution is -2.75. The molecule has 0 bridgehead atoms. The number of unbranched alkanes of at least 4 members (excludes halogenated alkanes) is 2. The second-order valence-corrected chi connectivity index (χ2v) is 9.84. The van der Waals surface area contributed by atoms with Crippen LogP contribution in [-0.2, 0) is 37.1 Å². The van der Waals surface area contributed by atoms with E-state index in [1.165, 1.54) is 7.05 Å². The monoisotopic (exact) mass is 538 g/mol. The third kappa shape index (κ3) is 7.97. The minimum absolute atomic E-state index is 0.0316. The summed E-state index contributed by atoms with van der Waals surface area (Å²) in [6, 6.07) is 16.9. The molecule has 0 aliphatic carbocycles. The number of carbonyl (C=O) groups excluding carboxylic acids is 4. The second kappa shape index (κ2) is 15.1. The van der Waals surface area contributed by atoms with Crippen LogP contribution in [0.4, 0.5) is 4.79 Å². The summed E-state index contributed by atoms with van der Waals surface area (Å²) in [5.41, 5.74) is 1.65. The number of quaternary nitrogens is 1. The number of carbonyl (C=O) groups is 4. The average molecular weight is 539 g/mol. The molecule has 0 aromatic heterocycles. The van der Waals surface area contributed by atoms with Crippen molar-refractivity contribution in [3.05, 3.63) is 71.8 Å². The number of hydrogen-bond donors (Lipinski definition) is 2. The van der Waals surface area contributed by atoms with E-state index in [2.05, 4.69) is 17.6 Å². The topological polar surface area (TPSA) is 111 Å². The third-order valence-electron chi connectivity index (χ3n) is 7.14. The first-order chi connectivity index (χ1) is 18.9. The van der Waals surface area contributed by atoms with Crippen molar-refractivity contribution in [2.45, 2.75) is 58.3 Å². The largest absolute Gasteiger partial charge is 0.461 e. The van der Waals surface area contributed by atoms with E-state index in [9.17, 15) is 19.2 Å². The molecule has 0 saturated carbocycles. The average Bonchev–Trinajstić information content (AvgIpc) is 2.98. The molecular weight excluding hydrogens is 498 g/mol. The predicted octanol–water partition coefficient (Wildman–Crippen LogP) is 3.71. The van der Waals surface area contributed by atoms with Crippen LogP contribution in [0.5, 0.6) is 0 Å². The maximum atomic E-state index is 14.3. The summed E-state index contributed by atoms with van der Waals surface area (Å²) in [6.07, 6.45) is 2.79. The van der Waals surface area contributed by atoms with Gasteiger partial charge in [-0.25, -0.2) is 14.4 Å². The summed E-state index contributed by atoms with van der Waals surface area (Å²) in [5, 5.41) is 5.73. The molecule has 2 aromatic carbocycles. The van der Waals surface area contributed by atoms with Gasteiger partial charge in [-0.3, -0.25) is 4.79 Å². The molecule has 1 aliphatic heterocycles. The van der Waals surface area contributed by atoms with Gasteiger partial charge < -0.3 is 20.1 Å². The Morgan fingerprint density at radius 3 is 2.15 bits per heavy atom. The number of piperazine rings is 1. The molecule has 1 saturated heterocycles. The van der Waals surface area contributed by atoms with Crippen molar-refractivity contribution in [2.24, 2.45) is 5.92 Å². The van der Waals surface area contributed by atoms with Crippen LogP contribution in [0.25, 0.3) is 0 Å². The molecule has 1 heterocycles. The lowest BCUT2D eigenvalue weighted by molar-refractivity contribution is -0.797. The molecule has 0 spiro atoms. The van der Waals surface area contributed by atoms with E-state index in [1.54, 1.807) is 0 Å². The van der Waals surface area contributed by atoms with Gasteiger partial charge in [0, 0.05) is 13.6 Å². The minimum Gasteiger partial charge on any atom is -0.461 e. The molecule has 3 amide bonds. The van der Waals surface area contributed by atoms with Gasteiger partial charge in [0.1, 0.15) is 19.8 Å². The molecule has 2 N–H and O–H groups in total. The summed E-state index contributed by atoms with van der Waals surface area (Å²) in [6.45, 7) is 2.73. The van der Waals surface area contributed by atoms with Crippen molar-refractivity contribution in [3.63, 3.8) is 0 Å². The summed E-state index contributed by atoms with van der Waals surface area (Å²) < 4.78 is 10.3. The maximum Gasteiger partial charge on any atom is 0.424 e. The van der Waals surface area contributed by atoms with Gasteiger partial charge in [0.2, 0.25) is 6.04 Å². The summed E-state index contributed by atoms with van der Waals surface area (Å²) >= 11 is 0. The van der Waals surface area contributed by atoms with Gasteiger partial charge in [0.05, 0.1) is 18.9 Å². The first-order valence-corrected chi connectivity index (χ1v) is 13.7. The number of rotatable bonds is 12. The van der Waals surface area contributed by atoms with Crippen molar-refractivity contribution in [1.29, 1.82) is 0 Å². The van der Waals surface area contributed by atoms with Crippen LogP contribution in [-0.4, -0.2) is 61.1 Å². The minimum atomic E-state index is -1.08. The van der Waals surface area contributed by atoms with Crippen molar-refractivity contribution < 1.29 is 33.1 Å². The number of imide groups is 1. The lowest BCUT2D eigenvalue weighted by atomic mass is 9.93. The summed E-state index contributed by atoms with van der Waals surface area (Å²) in [7, 11) is 1.45. The van der Waals surface area contributed by atoms with E-state index in [0.29, 0.717) is 19.4 Å². The maximum absolute atomic E-state index is 14.3. The zero-order valence-corrected chi connectivity index (χ0v) is 22.9. The lowest BCUT2D eigenvalue weighted by Gasteiger charge is -2.42. The number of amides is 3. The van der Waals surface area contributed by atoms with Gasteiger partial charge >= 0.3 is 23.9 Å². The standard InChI is InChI=1S/C30H39N3O6/c1-3-4-7-16-25(19-27(34)38-21-23-12-8-5-9-13-23)28(35)33(30(37)31-2)18-17-32-20-26(33)29(36)39-22-24-14-10-6-11-15-24/h5-6,8-15,25-26,32H,3-4,7,16-22H2,1-2H3/p+1/t25-,26?,33-/m1/s1. The Hall–Kier alpha value is -3.56. The number of ether oxygens (including phenoxy) is 2. The highest BCUT2D eigenvalue weighted by atomic mass is 16.5.